The molecule has 0 rings (SSSR count). The zero-order valence-corrected chi connectivity index (χ0v) is 8.96. The summed E-state index contributed by atoms with van der Waals surface area (Å²) in [5.41, 5.74) is -0.698. The summed E-state index contributed by atoms with van der Waals surface area (Å²) in [6.45, 7) is 1.82. The monoisotopic (exact) mass is 232 g/mol. The number of alkyl halides is 3. The van der Waals surface area contributed by atoms with Crippen LogP contribution in [0.1, 0.15) is 13.3 Å². The van der Waals surface area contributed by atoms with E-state index in [1.165, 1.54) is 0 Å². The van der Waals surface area contributed by atoms with E-state index in [0.717, 1.165) is 0 Å². The van der Waals surface area contributed by atoms with Crippen molar-refractivity contribution >= 4 is 40.8 Å². The van der Waals surface area contributed by atoms with Crippen LogP contribution in [0.4, 0.5) is 0 Å². The van der Waals surface area contributed by atoms with Gasteiger partial charge < -0.3 is 5.11 Å². The lowest BCUT2D eigenvalue weighted by Crippen LogP contribution is -2.39. The minimum absolute atomic E-state index is 0.160. The molecule has 1 N–H and O–H groups in total. The predicted molar refractivity (Wildman–Crippen MR) is 51.4 cm³/mol. The SMILES string of the molecule is CCC(CCl)(CCl)C(Cl)C(=O)O. The van der Waals surface area contributed by atoms with Gasteiger partial charge in [-0.3, -0.25) is 4.79 Å². The maximum absolute atomic E-state index is 10.6. The fourth-order valence-electron chi connectivity index (χ4n) is 0.801. The fourth-order valence-corrected chi connectivity index (χ4v) is 2.24. The highest BCUT2D eigenvalue weighted by Gasteiger charge is 2.39. The van der Waals surface area contributed by atoms with Crippen LogP contribution >= 0.6 is 34.8 Å². The maximum atomic E-state index is 10.6. The molecule has 12 heavy (non-hydrogen) atoms. The second-order valence-electron chi connectivity index (χ2n) is 2.68. The molecule has 0 saturated carbocycles. The topological polar surface area (TPSA) is 37.3 Å². The summed E-state index contributed by atoms with van der Waals surface area (Å²) in [6, 6.07) is 0. The minimum atomic E-state index is -1.07. The molecule has 0 aromatic rings. The second-order valence-corrected chi connectivity index (χ2v) is 3.65. The Labute approximate surface area is 86.8 Å². The fraction of sp³-hybridized carbons (Fsp3) is 0.857. The van der Waals surface area contributed by atoms with Crippen molar-refractivity contribution in [1.29, 1.82) is 0 Å². The molecule has 0 saturated heterocycles. The summed E-state index contributed by atoms with van der Waals surface area (Å²) in [4.78, 5) is 10.6. The average Bonchev–Trinajstić information content (AvgIpc) is 2.08. The highest BCUT2D eigenvalue weighted by molar-refractivity contribution is 6.32. The van der Waals surface area contributed by atoms with Crippen molar-refractivity contribution in [3.8, 4) is 0 Å². The third-order valence-electron chi connectivity index (χ3n) is 1.99. The van der Waals surface area contributed by atoms with Crippen molar-refractivity contribution in [2.45, 2.75) is 18.7 Å². The highest BCUT2D eigenvalue weighted by atomic mass is 35.5. The first-order chi connectivity index (χ1) is 5.54. The van der Waals surface area contributed by atoms with Crippen LogP contribution in [-0.4, -0.2) is 28.2 Å². The van der Waals surface area contributed by atoms with Crippen LogP contribution in [-0.2, 0) is 4.79 Å². The van der Waals surface area contributed by atoms with E-state index in [9.17, 15) is 4.79 Å². The second kappa shape index (κ2) is 5.15. The number of carbonyl (C=O) groups is 1. The summed E-state index contributed by atoms with van der Waals surface area (Å²) in [6.07, 6.45) is 0.556. The Hall–Kier alpha value is 0.340. The number of aliphatic carboxylic acids is 1. The van der Waals surface area contributed by atoms with Crippen molar-refractivity contribution < 1.29 is 9.90 Å². The van der Waals surface area contributed by atoms with E-state index in [2.05, 4.69) is 0 Å². The summed E-state index contributed by atoms with van der Waals surface area (Å²) < 4.78 is 0. The third-order valence-corrected chi connectivity index (χ3v) is 3.70. The maximum Gasteiger partial charge on any atom is 0.322 e. The molecule has 0 heterocycles. The number of carboxylic acid groups (broad SMARTS) is 1. The average molecular weight is 234 g/mol. The van der Waals surface area contributed by atoms with E-state index in [1.54, 1.807) is 0 Å². The van der Waals surface area contributed by atoms with Crippen LogP contribution in [0.2, 0.25) is 0 Å². The molecule has 0 aliphatic rings. The van der Waals surface area contributed by atoms with Gasteiger partial charge in [-0.25, -0.2) is 0 Å². The molecular formula is C7H11Cl3O2. The number of rotatable bonds is 5. The lowest BCUT2D eigenvalue weighted by molar-refractivity contribution is -0.138. The van der Waals surface area contributed by atoms with Crippen LogP contribution in [0.5, 0.6) is 0 Å². The lowest BCUT2D eigenvalue weighted by Gasteiger charge is -2.30. The number of halogens is 3. The highest BCUT2D eigenvalue weighted by Crippen LogP contribution is 2.33. The van der Waals surface area contributed by atoms with Crippen LogP contribution in [0.15, 0.2) is 0 Å². The Morgan fingerprint density at radius 2 is 1.92 bits per heavy atom. The van der Waals surface area contributed by atoms with Gasteiger partial charge in [0.05, 0.1) is 0 Å². The first kappa shape index (κ1) is 12.3. The van der Waals surface area contributed by atoms with Gasteiger partial charge in [-0.15, -0.1) is 34.8 Å². The van der Waals surface area contributed by atoms with Gasteiger partial charge in [0.15, 0.2) is 0 Å². The van der Waals surface area contributed by atoms with Crippen LogP contribution in [0.25, 0.3) is 0 Å². The van der Waals surface area contributed by atoms with Crippen molar-refractivity contribution in [3.63, 3.8) is 0 Å². The van der Waals surface area contributed by atoms with Gasteiger partial charge >= 0.3 is 5.97 Å². The van der Waals surface area contributed by atoms with E-state index < -0.39 is 16.8 Å². The standard InChI is InChI=1S/C7H11Cl3O2/c1-2-7(3-8,4-9)5(10)6(11)12/h5H,2-4H2,1H3,(H,11,12). The molecule has 0 bridgehead atoms. The normalized spacial score (nSPS) is 14.3. The van der Waals surface area contributed by atoms with Gasteiger partial charge in [-0.05, 0) is 6.42 Å². The quantitative estimate of drug-likeness (QED) is 0.741. The molecule has 2 nitrogen and oxygen atoms in total. The molecule has 0 aromatic heterocycles. The molecule has 1 atom stereocenters. The summed E-state index contributed by atoms with van der Waals surface area (Å²) in [7, 11) is 0. The molecule has 5 heteroatoms. The molecule has 0 amide bonds. The first-order valence-electron chi connectivity index (χ1n) is 3.53. The van der Waals surface area contributed by atoms with Gasteiger partial charge in [-0.2, -0.15) is 0 Å². The zero-order chi connectivity index (χ0) is 9.78. The zero-order valence-electron chi connectivity index (χ0n) is 6.69. The van der Waals surface area contributed by atoms with E-state index in [4.69, 9.17) is 39.9 Å². The van der Waals surface area contributed by atoms with E-state index in [1.807, 2.05) is 6.92 Å². The minimum Gasteiger partial charge on any atom is -0.480 e. The lowest BCUT2D eigenvalue weighted by atomic mass is 9.85. The number of hydrogen-bond acceptors (Lipinski definition) is 1. The van der Waals surface area contributed by atoms with Crippen molar-refractivity contribution in [2.75, 3.05) is 11.8 Å². The van der Waals surface area contributed by atoms with Crippen molar-refractivity contribution in [3.05, 3.63) is 0 Å². The summed E-state index contributed by atoms with van der Waals surface area (Å²) in [5.74, 6) is -0.749. The van der Waals surface area contributed by atoms with E-state index in [-0.39, 0.29) is 11.8 Å². The van der Waals surface area contributed by atoms with Gasteiger partial charge in [0.2, 0.25) is 0 Å². The van der Waals surface area contributed by atoms with Crippen LogP contribution in [0.3, 0.4) is 0 Å². The van der Waals surface area contributed by atoms with E-state index in [0.29, 0.717) is 6.42 Å². The molecule has 0 radical (unpaired) electrons. The molecule has 0 spiro atoms. The molecular weight excluding hydrogens is 222 g/mol. The molecule has 0 aliphatic heterocycles. The van der Waals surface area contributed by atoms with Gasteiger partial charge in [0.1, 0.15) is 5.38 Å². The summed E-state index contributed by atoms with van der Waals surface area (Å²) >= 11 is 16.9. The Balaban J connectivity index is 4.58. The van der Waals surface area contributed by atoms with Gasteiger partial charge in [0.25, 0.3) is 0 Å². The molecule has 1 unspecified atom stereocenters. The molecule has 72 valence electrons. The van der Waals surface area contributed by atoms with Crippen LogP contribution < -0.4 is 0 Å². The Morgan fingerprint density at radius 1 is 1.50 bits per heavy atom. The van der Waals surface area contributed by atoms with Crippen LogP contribution in [0, 0.1) is 5.41 Å². The Kier molecular flexibility index (Phi) is 5.30. The Bertz CT molecular complexity index is 148. The third kappa shape index (κ3) is 2.41. The molecule has 0 aliphatic carbocycles. The van der Waals surface area contributed by atoms with Gasteiger partial charge in [0, 0.05) is 17.2 Å². The van der Waals surface area contributed by atoms with E-state index >= 15 is 0 Å². The Morgan fingerprint density at radius 3 is 2.00 bits per heavy atom. The van der Waals surface area contributed by atoms with Crippen molar-refractivity contribution in [2.24, 2.45) is 5.41 Å². The number of carboxylic acids is 1. The molecule has 0 fully saturated rings. The first-order valence-corrected chi connectivity index (χ1v) is 5.03. The van der Waals surface area contributed by atoms with Gasteiger partial charge in [-0.1, -0.05) is 6.92 Å². The molecule has 0 aromatic carbocycles. The summed E-state index contributed by atoms with van der Waals surface area (Å²) in [5, 5.41) is 7.65. The predicted octanol–water partition coefficient (Wildman–Crippen LogP) is 2.55. The largest absolute Gasteiger partial charge is 0.480 e. The van der Waals surface area contributed by atoms with Crippen molar-refractivity contribution in [1.82, 2.24) is 0 Å². The number of hydrogen-bond donors (Lipinski definition) is 1. The smallest absolute Gasteiger partial charge is 0.322 e.